The quantitative estimate of drug-likeness (QED) is 0.569. The first-order valence-electron chi connectivity index (χ1n) is 6.83. The Balaban J connectivity index is 1.71. The average Bonchev–Trinajstić information content (AvgIpc) is 3.24. The van der Waals surface area contributed by atoms with E-state index in [9.17, 15) is 9.18 Å². The molecule has 0 bridgehead atoms. The van der Waals surface area contributed by atoms with Gasteiger partial charge in [-0.2, -0.15) is 10.2 Å². The summed E-state index contributed by atoms with van der Waals surface area (Å²) in [5.41, 5.74) is 4.78. The molecule has 0 radical (unpaired) electrons. The lowest BCUT2D eigenvalue weighted by Gasteiger charge is -1.98. The molecule has 1 aromatic carbocycles. The summed E-state index contributed by atoms with van der Waals surface area (Å²) in [6.07, 6.45) is 0. The lowest BCUT2D eigenvalue weighted by atomic mass is 10.1. The third-order valence-electron chi connectivity index (χ3n) is 3.17. The Morgan fingerprint density at radius 3 is 2.78 bits per heavy atom. The summed E-state index contributed by atoms with van der Waals surface area (Å²) >= 11 is 1.55. The monoisotopic (exact) mass is 328 g/mol. The predicted octanol–water partition coefficient (Wildman–Crippen LogP) is 3.43. The molecule has 7 heteroatoms. The Labute approximate surface area is 135 Å². The van der Waals surface area contributed by atoms with Crippen molar-refractivity contribution in [2.24, 2.45) is 5.10 Å². The van der Waals surface area contributed by atoms with Crippen molar-refractivity contribution < 1.29 is 9.18 Å². The number of hydrogen-bond donors (Lipinski definition) is 2. The van der Waals surface area contributed by atoms with Gasteiger partial charge >= 0.3 is 0 Å². The van der Waals surface area contributed by atoms with Gasteiger partial charge < -0.3 is 0 Å². The van der Waals surface area contributed by atoms with E-state index in [4.69, 9.17) is 0 Å². The number of halogens is 1. The van der Waals surface area contributed by atoms with Gasteiger partial charge in [-0.05, 0) is 48.7 Å². The molecule has 5 nitrogen and oxygen atoms in total. The molecule has 116 valence electrons. The third kappa shape index (κ3) is 3.51. The molecular formula is C16H13FN4OS. The molecule has 0 aliphatic heterocycles. The summed E-state index contributed by atoms with van der Waals surface area (Å²) in [5, 5.41) is 12.7. The number of benzene rings is 1. The molecule has 2 N–H and O–H groups in total. The smallest absolute Gasteiger partial charge is 0.272 e. The van der Waals surface area contributed by atoms with Crippen LogP contribution in [0.1, 0.15) is 22.3 Å². The van der Waals surface area contributed by atoms with E-state index in [1.807, 2.05) is 24.4 Å². The molecule has 3 aromatic rings. The molecule has 2 heterocycles. The second kappa shape index (κ2) is 6.53. The van der Waals surface area contributed by atoms with Gasteiger partial charge in [0.1, 0.15) is 11.5 Å². The molecule has 0 aliphatic rings. The number of H-pyrrole nitrogens is 1. The number of nitrogens with zero attached hydrogens (tertiary/aromatic N) is 2. The predicted molar refractivity (Wildman–Crippen MR) is 88.0 cm³/mol. The maximum absolute atomic E-state index is 12.9. The van der Waals surface area contributed by atoms with E-state index in [1.165, 1.54) is 12.1 Å². The first-order chi connectivity index (χ1) is 11.1. The van der Waals surface area contributed by atoms with E-state index in [0.717, 1.165) is 16.2 Å². The van der Waals surface area contributed by atoms with Crippen LogP contribution in [0, 0.1) is 5.82 Å². The lowest BCUT2D eigenvalue weighted by molar-refractivity contribution is 0.0950. The number of hydrazone groups is 1. The molecule has 1 amide bonds. The first kappa shape index (κ1) is 15.1. The number of amides is 1. The molecule has 0 fully saturated rings. The highest BCUT2D eigenvalue weighted by atomic mass is 32.1. The van der Waals surface area contributed by atoms with Gasteiger partial charge in [-0.1, -0.05) is 6.07 Å². The van der Waals surface area contributed by atoms with Crippen molar-refractivity contribution in [2.45, 2.75) is 6.92 Å². The van der Waals surface area contributed by atoms with Crippen molar-refractivity contribution in [3.05, 3.63) is 64.2 Å². The van der Waals surface area contributed by atoms with E-state index in [2.05, 4.69) is 20.7 Å². The summed E-state index contributed by atoms with van der Waals surface area (Å²) in [6, 6.07) is 11.3. The van der Waals surface area contributed by atoms with Crippen LogP contribution in [0.3, 0.4) is 0 Å². The highest BCUT2D eigenvalue weighted by Gasteiger charge is 2.11. The third-order valence-corrected chi connectivity index (χ3v) is 4.14. The molecule has 0 unspecified atom stereocenters. The van der Waals surface area contributed by atoms with Crippen LogP contribution in [0.25, 0.3) is 11.3 Å². The van der Waals surface area contributed by atoms with Crippen molar-refractivity contribution in [3.63, 3.8) is 0 Å². The minimum absolute atomic E-state index is 0.284. The molecule has 0 saturated heterocycles. The van der Waals surface area contributed by atoms with E-state index < -0.39 is 0 Å². The highest BCUT2D eigenvalue weighted by Crippen LogP contribution is 2.18. The molecule has 23 heavy (non-hydrogen) atoms. The van der Waals surface area contributed by atoms with Crippen molar-refractivity contribution in [3.8, 4) is 11.3 Å². The topological polar surface area (TPSA) is 70.1 Å². The van der Waals surface area contributed by atoms with Crippen LogP contribution in [0.4, 0.5) is 4.39 Å². The number of carbonyl (C=O) groups is 1. The van der Waals surface area contributed by atoms with Gasteiger partial charge in [-0.15, -0.1) is 11.3 Å². The SMILES string of the molecule is CC(=NNC(=O)c1cc(-c2ccc(F)cc2)n[nH]1)c1cccs1. The maximum atomic E-state index is 12.9. The minimum atomic E-state index is -0.387. The van der Waals surface area contributed by atoms with Crippen molar-refractivity contribution in [2.75, 3.05) is 0 Å². The van der Waals surface area contributed by atoms with Gasteiger partial charge in [0.2, 0.25) is 0 Å². The van der Waals surface area contributed by atoms with Gasteiger partial charge in [0, 0.05) is 10.4 Å². The molecule has 0 saturated carbocycles. The average molecular weight is 328 g/mol. The number of hydrogen-bond acceptors (Lipinski definition) is 4. The maximum Gasteiger partial charge on any atom is 0.289 e. The van der Waals surface area contributed by atoms with Crippen LogP contribution in [0.15, 0.2) is 52.9 Å². The minimum Gasteiger partial charge on any atom is -0.272 e. The number of carbonyl (C=O) groups excluding carboxylic acids is 1. The molecular weight excluding hydrogens is 315 g/mol. The normalized spacial score (nSPS) is 11.5. The summed E-state index contributed by atoms with van der Waals surface area (Å²) in [7, 11) is 0. The van der Waals surface area contributed by atoms with Gasteiger partial charge in [0.25, 0.3) is 5.91 Å². The zero-order valence-electron chi connectivity index (χ0n) is 12.2. The fourth-order valence-corrected chi connectivity index (χ4v) is 2.62. The molecule has 3 rings (SSSR count). The van der Waals surface area contributed by atoms with Crippen LogP contribution in [0.2, 0.25) is 0 Å². The van der Waals surface area contributed by atoms with Crippen LogP contribution >= 0.6 is 11.3 Å². The molecule has 0 aliphatic carbocycles. The molecule has 0 atom stereocenters. The summed E-state index contributed by atoms with van der Waals surface area (Å²) in [4.78, 5) is 13.1. The largest absolute Gasteiger partial charge is 0.289 e. The van der Waals surface area contributed by atoms with Crippen LogP contribution < -0.4 is 5.43 Å². The Morgan fingerprint density at radius 2 is 2.09 bits per heavy atom. The van der Waals surface area contributed by atoms with Crippen LogP contribution in [-0.2, 0) is 0 Å². The Morgan fingerprint density at radius 1 is 1.30 bits per heavy atom. The van der Waals surface area contributed by atoms with E-state index in [-0.39, 0.29) is 17.4 Å². The fourth-order valence-electron chi connectivity index (χ4n) is 1.94. The summed E-state index contributed by atoms with van der Waals surface area (Å²) in [6.45, 7) is 1.82. The van der Waals surface area contributed by atoms with Gasteiger partial charge in [-0.3, -0.25) is 9.89 Å². The number of aromatic nitrogens is 2. The Hall–Kier alpha value is -2.80. The van der Waals surface area contributed by atoms with Gasteiger partial charge in [0.05, 0.1) is 11.4 Å². The number of rotatable bonds is 4. The Kier molecular flexibility index (Phi) is 4.29. The standard InChI is InChI=1S/C16H13FN4OS/c1-10(15-3-2-8-23-15)18-21-16(22)14-9-13(19-20-14)11-4-6-12(17)7-5-11/h2-9H,1H3,(H,19,20)(H,21,22). The first-order valence-corrected chi connectivity index (χ1v) is 7.71. The number of thiophene rings is 1. The molecule has 2 aromatic heterocycles. The van der Waals surface area contributed by atoms with E-state index in [0.29, 0.717) is 5.69 Å². The van der Waals surface area contributed by atoms with Gasteiger partial charge in [0.15, 0.2) is 0 Å². The van der Waals surface area contributed by atoms with Crippen molar-refractivity contribution >= 4 is 23.0 Å². The molecule has 0 spiro atoms. The fraction of sp³-hybridized carbons (Fsp3) is 0.0625. The summed E-state index contributed by atoms with van der Waals surface area (Å²) < 4.78 is 12.9. The van der Waals surface area contributed by atoms with Crippen molar-refractivity contribution in [1.82, 2.24) is 15.6 Å². The zero-order valence-corrected chi connectivity index (χ0v) is 13.0. The van der Waals surface area contributed by atoms with Crippen molar-refractivity contribution in [1.29, 1.82) is 0 Å². The van der Waals surface area contributed by atoms with E-state index in [1.54, 1.807) is 29.5 Å². The zero-order chi connectivity index (χ0) is 16.2. The second-order valence-electron chi connectivity index (χ2n) is 4.79. The Bertz CT molecular complexity index is 837. The van der Waals surface area contributed by atoms with Gasteiger partial charge in [-0.25, -0.2) is 9.82 Å². The van der Waals surface area contributed by atoms with E-state index >= 15 is 0 Å². The second-order valence-corrected chi connectivity index (χ2v) is 5.74. The highest BCUT2D eigenvalue weighted by molar-refractivity contribution is 7.12. The number of nitrogens with one attached hydrogen (secondary N) is 2. The number of aromatic amines is 1. The lowest BCUT2D eigenvalue weighted by Crippen LogP contribution is -2.19. The van der Waals surface area contributed by atoms with Crippen LogP contribution in [-0.4, -0.2) is 21.8 Å². The summed E-state index contributed by atoms with van der Waals surface area (Å²) in [5.74, 6) is -0.706. The van der Waals surface area contributed by atoms with Crippen LogP contribution in [0.5, 0.6) is 0 Å².